The van der Waals surface area contributed by atoms with Crippen LogP contribution in [0, 0.1) is 5.92 Å². The fraction of sp³-hybridized carbons (Fsp3) is 0.600. The van der Waals surface area contributed by atoms with E-state index in [1.165, 1.54) is 13.0 Å². The minimum atomic E-state index is -3.70. The number of amides is 2. The fourth-order valence-electron chi connectivity index (χ4n) is 4.20. The number of fused-ring (bicyclic) bond motifs is 1. The van der Waals surface area contributed by atoms with Gasteiger partial charge < -0.3 is 9.80 Å². The first-order chi connectivity index (χ1) is 13.2. The quantitative estimate of drug-likeness (QED) is 0.808. The van der Waals surface area contributed by atoms with E-state index in [1.54, 1.807) is 17.0 Å². The van der Waals surface area contributed by atoms with Gasteiger partial charge in [0.2, 0.25) is 21.8 Å². The largest absolute Gasteiger partial charge is 0.342 e. The van der Waals surface area contributed by atoms with Crippen LogP contribution in [0.25, 0.3) is 0 Å². The van der Waals surface area contributed by atoms with Crippen LogP contribution in [0.1, 0.15) is 45.6 Å². The van der Waals surface area contributed by atoms with Crippen molar-refractivity contribution in [3.63, 3.8) is 0 Å². The van der Waals surface area contributed by atoms with Gasteiger partial charge in [-0.25, -0.2) is 13.1 Å². The second-order valence-corrected chi connectivity index (χ2v) is 9.73. The average molecular weight is 408 g/mol. The van der Waals surface area contributed by atoms with Crippen molar-refractivity contribution in [3.05, 3.63) is 23.8 Å². The van der Waals surface area contributed by atoms with Crippen LogP contribution in [0.3, 0.4) is 0 Å². The van der Waals surface area contributed by atoms with Crippen LogP contribution in [-0.4, -0.2) is 50.8 Å². The molecule has 0 unspecified atom stereocenters. The van der Waals surface area contributed by atoms with E-state index < -0.39 is 10.0 Å². The maximum absolute atomic E-state index is 12.6. The van der Waals surface area contributed by atoms with Crippen molar-refractivity contribution >= 4 is 27.5 Å². The number of benzene rings is 1. The molecule has 0 aliphatic carbocycles. The second kappa shape index (κ2) is 8.21. The molecule has 2 heterocycles. The number of carbonyl (C=O) groups excluding carboxylic acids is 2. The summed E-state index contributed by atoms with van der Waals surface area (Å²) in [5, 5.41) is 0. The second-order valence-electron chi connectivity index (χ2n) is 7.97. The van der Waals surface area contributed by atoms with Crippen LogP contribution < -0.4 is 9.62 Å². The monoisotopic (exact) mass is 407 g/mol. The third-order valence-electron chi connectivity index (χ3n) is 5.56. The molecule has 0 saturated carbocycles. The molecule has 0 spiro atoms. The number of anilines is 1. The molecule has 2 atom stereocenters. The van der Waals surface area contributed by atoms with Crippen LogP contribution in [0.5, 0.6) is 0 Å². The number of hydrogen-bond donors (Lipinski definition) is 1. The lowest BCUT2D eigenvalue weighted by atomic mass is 10.0. The third-order valence-corrected chi connectivity index (χ3v) is 7.02. The Morgan fingerprint density at radius 3 is 2.68 bits per heavy atom. The van der Waals surface area contributed by atoms with Crippen LogP contribution in [-0.2, 0) is 26.0 Å². The highest BCUT2D eigenvalue weighted by Gasteiger charge is 2.30. The lowest BCUT2D eigenvalue weighted by Gasteiger charge is -2.31. The Labute approximate surface area is 167 Å². The first-order valence-electron chi connectivity index (χ1n) is 9.89. The normalized spacial score (nSPS) is 22.2. The summed E-state index contributed by atoms with van der Waals surface area (Å²) in [6.45, 7) is 7.18. The highest BCUT2D eigenvalue weighted by Crippen LogP contribution is 2.33. The molecule has 2 amide bonds. The molecule has 8 heteroatoms. The van der Waals surface area contributed by atoms with Gasteiger partial charge in [-0.1, -0.05) is 6.92 Å². The van der Waals surface area contributed by atoms with Crippen molar-refractivity contribution in [2.24, 2.45) is 5.92 Å². The minimum Gasteiger partial charge on any atom is -0.342 e. The molecule has 0 bridgehead atoms. The summed E-state index contributed by atoms with van der Waals surface area (Å²) in [4.78, 5) is 27.8. The van der Waals surface area contributed by atoms with Crippen LogP contribution in [0.4, 0.5) is 5.69 Å². The van der Waals surface area contributed by atoms with Crippen LogP contribution in [0.15, 0.2) is 23.1 Å². The number of sulfonamides is 1. The Morgan fingerprint density at radius 1 is 1.25 bits per heavy atom. The van der Waals surface area contributed by atoms with Gasteiger partial charge in [0.15, 0.2) is 0 Å². The number of likely N-dealkylation sites (tertiary alicyclic amines) is 1. The molecule has 2 aliphatic heterocycles. The van der Waals surface area contributed by atoms with Crippen LogP contribution >= 0.6 is 0 Å². The summed E-state index contributed by atoms with van der Waals surface area (Å²) in [5.41, 5.74) is 1.62. The van der Waals surface area contributed by atoms with E-state index in [0.717, 1.165) is 37.2 Å². The number of nitrogens with zero attached hydrogens (tertiary/aromatic N) is 2. The Kier molecular flexibility index (Phi) is 6.09. The highest BCUT2D eigenvalue weighted by molar-refractivity contribution is 7.89. The van der Waals surface area contributed by atoms with Gasteiger partial charge in [-0.3, -0.25) is 9.59 Å². The SMILES string of the molecule is CC(=O)N1c2ccc(S(=O)(=O)NCCC(=O)N3CCC[C@@H](C)C3)cc2C[C@@H]1C. The molecular formula is C20H29N3O4S. The Morgan fingerprint density at radius 2 is 2.00 bits per heavy atom. The third kappa shape index (κ3) is 4.38. The molecule has 0 radical (unpaired) electrons. The highest BCUT2D eigenvalue weighted by atomic mass is 32.2. The minimum absolute atomic E-state index is 0.00544. The summed E-state index contributed by atoms with van der Waals surface area (Å²) >= 11 is 0. The lowest BCUT2D eigenvalue weighted by Crippen LogP contribution is -2.40. The molecule has 28 heavy (non-hydrogen) atoms. The van der Waals surface area contributed by atoms with E-state index in [-0.39, 0.29) is 35.7 Å². The van der Waals surface area contributed by atoms with Gasteiger partial charge >= 0.3 is 0 Å². The summed E-state index contributed by atoms with van der Waals surface area (Å²) in [6.07, 6.45) is 2.92. The van der Waals surface area contributed by atoms with E-state index in [2.05, 4.69) is 11.6 Å². The first kappa shape index (κ1) is 20.8. The van der Waals surface area contributed by atoms with E-state index in [4.69, 9.17) is 0 Å². The van der Waals surface area contributed by atoms with Crippen molar-refractivity contribution < 1.29 is 18.0 Å². The van der Waals surface area contributed by atoms with Gasteiger partial charge in [0.05, 0.1) is 4.90 Å². The van der Waals surface area contributed by atoms with Gasteiger partial charge in [0, 0.05) is 44.7 Å². The van der Waals surface area contributed by atoms with Gasteiger partial charge in [-0.15, -0.1) is 0 Å². The van der Waals surface area contributed by atoms with E-state index in [0.29, 0.717) is 12.3 Å². The zero-order valence-corrected chi connectivity index (χ0v) is 17.6. The van der Waals surface area contributed by atoms with E-state index in [1.807, 2.05) is 11.8 Å². The van der Waals surface area contributed by atoms with Gasteiger partial charge in [-0.2, -0.15) is 0 Å². The maximum Gasteiger partial charge on any atom is 0.240 e. The maximum atomic E-state index is 12.6. The molecule has 2 aliphatic rings. The molecule has 1 N–H and O–H groups in total. The van der Waals surface area contributed by atoms with Crippen molar-refractivity contribution in [3.8, 4) is 0 Å². The summed E-state index contributed by atoms with van der Waals surface area (Å²) in [7, 11) is -3.70. The Bertz CT molecular complexity index is 868. The molecular weight excluding hydrogens is 378 g/mol. The molecule has 1 aromatic carbocycles. The molecule has 1 aromatic rings. The Hall–Kier alpha value is -1.93. The average Bonchev–Trinajstić information content (AvgIpc) is 2.96. The fourth-order valence-corrected chi connectivity index (χ4v) is 5.29. The Balaban J connectivity index is 1.62. The number of rotatable bonds is 5. The molecule has 7 nitrogen and oxygen atoms in total. The molecule has 0 aromatic heterocycles. The molecule has 3 rings (SSSR count). The van der Waals surface area contributed by atoms with Gasteiger partial charge in [0.1, 0.15) is 0 Å². The topological polar surface area (TPSA) is 86.8 Å². The lowest BCUT2D eigenvalue weighted by molar-refractivity contribution is -0.132. The number of carbonyl (C=O) groups is 2. The van der Waals surface area contributed by atoms with Gasteiger partial charge in [0.25, 0.3) is 0 Å². The van der Waals surface area contributed by atoms with Crippen LogP contribution in [0.2, 0.25) is 0 Å². The molecule has 1 saturated heterocycles. The van der Waals surface area contributed by atoms with E-state index >= 15 is 0 Å². The summed E-state index contributed by atoms with van der Waals surface area (Å²) < 4.78 is 27.8. The zero-order chi connectivity index (χ0) is 20.5. The smallest absolute Gasteiger partial charge is 0.240 e. The van der Waals surface area contributed by atoms with Crippen molar-refractivity contribution in [2.45, 2.75) is 57.4 Å². The summed E-state index contributed by atoms with van der Waals surface area (Å²) in [5.74, 6) is 0.442. The number of hydrogen-bond acceptors (Lipinski definition) is 4. The zero-order valence-electron chi connectivity index (χ0n) is 16.8. The standard InChI is InChI=1S/C20H29N3O4S/c1-14-5-4-10-22(13-14)20(25)8-9-21-28(26,27)18-6-7-19-17(12-18)11-15(2)23(19)16(3)24/h6-7,12,14-15,21H,4-5,8-11,13H2,1-3H3/t14-,15+/m1/s1. The summed E-state index contributed by atoms with van der Waals surface area (Å²) in [6, 6.07) is 4.85. The predicted molar refractivity (Wildman–Crippen MR) is 108 cm³/mol. The first-order valence-corrected chi connectivity index (χ1v) is 11.4. The predicted octanol–water partition coefficient (Wildman–Crippen LogP) is 1.91. The molecule has 1 fully saturated rings. The number of piperidine rings is 1. The van der Waals surface area contributed by atoms with Crippen molar-refractivity contribution in [1.82, 2.24) is 9.62 Å². The van der Waals surface area contributed by atoms with Crippen molar-refractivity contribution in [1.29, 1.82) is 0 Å². The number of nitrogens with one attached hydrogen (secondary N) is 1. The van der Waals surface area contributed by atoms with Gasteiger partial charge in [-0.05, 0) is 55.9 Å². The van der Waals surface area contributed by atoms with E-state index in [9.17, 15) is 18.0 Å². The molecule has 154 valence electrons. The van der Waals surface area contributed by atoms with Crippen molar-refractivity contribution in [2.75, 3.05) is 24.5 Å².